The first-order valence-corrected chi connectivity index (χ1v) is 10.5. The highest BCUT2D eigenvalue weighted by atomic mass is 32.2. The minimum absolute atomic E-state index is 0.256. The number of nitrogens with one attached hydrogen (secondary N) is 3. The van der Waals surface area contributed by atoms with Gasteiger partial charge in [0.1, 0.15) is 0 Å². The molecule has 3 N–H and O–H groups in total. The molecule has 1 aromatic carbocycles. The molecule has 0 aliphatic heterocycles. The molecule has 1 aliphatic carbocycles. The fourth-order valence-corrected chi connectivity index (χ4v) is 4.00. The molecule has 2 aromatic rings. The van der Waals surface area contributed by atoms with E-state index in [-0.39, 0.29) is 4.90 Å². The molecule has 0 spiro atoms. The van der Waals surface area contributed by atoms with Crippen LogP contribution in [0.15, 0.2) is 47.6 Å². The van der Waals surface area contributed by atoms with Crippen LogP contribution in [-0.2, 0) is 16.6 Å². The van der Waals surface area contributed by atoms with Crippen molar-refractivity contribution in [3.63, 3.8) is 0 Å². The van der Waals surface area contributed by atoms with E-state index in [1.165, 1.54) is 26.3 Å². The van der Waals surface area contributed by atoms with Crippen LogP contribution in [0.1, 0.15) is 37.7 Å². The van der Waals surface area contributed by atoms with Crippen LogP contribution < -0.4 is 15.4 Å². The summed E-state index contributed by atoms with van der Waals surface area (Å²) in [7, 11) is -2.06. The van der Waals surface area contributed by atoms with E-state index in [4.69, 9.17) is 0 Å². The minimum atomic E-state index is -3.48. The molecule has 1 aromatic heterocycles. The van der Waals surface area contributed by atoms with E-state index in [1.54, 1.807) is 24.5 Å². The zero-order chi connectivity index (χ0) is 18.4. The molecule has 7 heteroatoms. The smallest absolute Gasteiger partial charge is 0.240 e. The highest BCUT2D eigenvalue weighted by molar-refractivity contribution is 7.89. The van der Waals surface area contributed by atoms with Gasteiger partial charge in [-0.15, -0.1) is 0 Å². The van der Waals surface area contributed by atoms with Gasteiger partial charge in [0, 0.05) is 25.0 Å². The predicted molar refractivity (Wildman–Crippen MR) is 105 cm³/mol. The van der Waals surface area contributed by atoms with Crippen LogP contribution in [-0.4, -0.2) is 26.5 Å². The summed E-state index contributed by atoms with van der Waals surface area (Å²) in [6, 6.07) is 9.52. The fourth-order valence-electron chi connectivity index (χ4n) is 3.25. The Morgan fingerprint density at radius 2 is 1.77 bits per heavy atom. The molecule has 1 saturated carbocycles. The number of benzene rings is 1. The van der Waals surface area contributed by atoms with Crippen molar-refractivity contribution >= 4 is 21.4 Å². The molecule has 26 heavy (non-hydrogen) atoms. The van der Waals surface area contributed by atoms with Gasteiger partial charge >= 0.3 is 0 Å². The van der Waals surface area contributed by atoms with Crippen LogP contribution in [0.3, 0.4) is 0 Å². The summed E-state index contributed by atoms with van der Waals surface area (Å²) in [6.45, 7) is 0.602. The normalized spacial score (nSPS) is 15.6. The van der Waals surface area contributed by atoms with E-state index in [0.29, 0.717) is 12.6 Å². The van der Waals surface area contributed by atoms with E-state index >= 15 is 0 Å². The Hall–Kier alpha value is -2.12. The average molecular weight is 375 g/mol. The molecule has 1 aliphatic rings. The fraction of sp³-hybridized carbons (Fsp3) is 0.421. The lowest BCUT2D eigenvalue weighted by Gasteiger charge is -2.25. The van der Waals surface area contributed by atoms with Crippen molar-refractivity contribution in [1.82, 2.24) is 9.71 Å². The third kappa shape index (κ3) is 4.74. The van der Waals surface area contributed by atoms with Crippen LogP contribution in [0.25, 0.3) is 0 Å². The molecule has 0 radical (unpaired) electrons. The van der Waals surface area contributed by atoms with Crippen LogP contribution in [0, 0.1) is 0 Å². The highest BCUT2D eigenvalue weighted by Gasteiger charge is 2.17. The summed E-state index contributed by atoms with van der Waals surface area (Å²) < 4.78 is 26.7. The number of hydrogen-bond donors (Lipinski definition) is 3. The lowest BCUT2D eigenvalue weighted by Crippen LogP contribution is -2.23. The van der Waals surface area contributed by atoms with E-state index in [2.05, 4.69) is 20.3 Å². The first-order chi connectivity index (χ1) is 12.6. The van der Waals surface area contributed by atoms with E-state index in [0.717, 1.165) is 29.8 Å². The van der Waals surface area contributed by atoms with Gasteiger partial charge in [-0.1, -0.05) is 19.3 Å². The van der Waals surface area contributed by atoms with Gasteiger partial charge in [0.25, 0.3) is 0 Å². The average Bonchev–Trinajstić information content (AvgIpc) is 2.68. The minimum Gasteiger partial charge on any atom is -0.381 e. The largest absolute Gasteiger partial charge is 0.381 e. The molecule has 0 atom stereocenters. The molecular weight excluding hydrogens is 348 g/mol. The zero-order valence-electron chi connectivity index (χ0n) is 15.0. The van der Waals surface area contributed by atoms with Crippen LogP contribution in [0.5, 0.6) is 0 Å². The van der Waals surface area contributed by atoms with E-state index < -0.39 is 10.0 Å². The number of pyridine rings is 1. The number of rotatable bonds is 7. The predicted octanol–water partition coefficient (Wildman–Crippen LogP) is 3.35. The summed E-state index contributed by atoms with van der Waals surface area (Å²) in [4.78, 5) is 4.28. The van der Waals surface area contributed by atoms with Crippen LogP contribution >= 0.6 is 0 Å². The molecule has 0 bridgehead atoms. The summed E-state index contributed by atoms with van der Waals surface area (Å²) in [6.07, 6.45) is 9.58. The second-order valence-corrected chi connectivity index (χ2v) is 8.49. The second kappa shape index (κ2) is 8.51. The molecule has 3 rings (SSSR count). The number of aromatic nitrogens is 1. The summed E-state index contributed by atoms with van der Waals surface area (Å²) in [5.41, 5.74) is 2.83. The lowest BCUT2D eigenvalue weighted by atomic mass is 9.95. The standard InChI is InChI=1S/C19H26N4O2S/c1-20-26(24,25)17-7-8-18(23-16-5-3-2-4-6-16)19(13-17)22-14-15-9-11-21-12-10-15/h7-13,16,20,22-23H,2-6,14H2,1H3. The maximum Gasteiger partial charge on any atom is 0.240 e. The molecule has 140 valence electrons. The third-order valence-electron chi connectivity index (χ3n) is 4.77. The van der Waals surface area contributed by atoms with Crippen LogP contribution in [0.4, 0.5) is 11.4 Å². The first-order valence-electron chi connectivity index (χ1n) is 9.05. The Bertz CT molecular complexity index is 819. The molecular formula is C19H26N4O2S. The van der Waals surface area contributed by atoms with Gasteiger partial charge in [0.15, 0.2) is 0 Å². The highest BCUT2D eigenvalue weighted by Crippen LogP contribution is 2.29. The Morgan fingerprint density at radius 3 is 2.46 bits per heavy atom. The summed E-state index contributed by atoms with van der Waals surface area (Å²) in [5, 5.41) is 6.97. The van der Waals surface area contributed by atoms with Crippen LogP contribution in [0.2, 0.25) is 0 Å². The van der Waals surface area contributed by atoms with E-state index in [9.17, 15) is 8.42 Å². The van der Waals surface area contributed by atoms with Gasteiger partial charge in [-0.2, -0.15) is 0 Å². The van der Waals surface area contributed by atoms with Gasteiger partial charge in [-0.3, -0.25) is 4.98 Å². The lowest BCUT2D eigenvalue weighted by molar-refractivity contribution is 0.463. The number of nitrogens with zero attached hydrogens (tertiary/aromatic N) is 1. The molecule has 1 heterocycles. The van der Waals surface area contributed by atoms with Crippen molar-refractivity contribution in [2.24, 2.45) is 0 Å². The van der Waals surface area contributed by atoms with Gasteiger partial charge in [0.2, 0.25) is 10.0 Å². The topological polar surface area (TPSA) is 83.1 Å². The number of sulfonamides is 1. The van der Waals surface area contributed by atoms with E-state index in [1.807, 2.05) is 18.2 Å². The monoisotopic (exact) mass is 374 g/mol. The van der Waals surface area contributed by atoms with Crippen molar-refractivity contribution in [2.45, 2.75) is 49.6 Å². The molecule has 1 fully saturated rings. The second-order valence-electron chi connectivity index (χ2n) is 6.60. The molecule has 6 nitrogen and oxygen atoms in total. The SMILES string of the molecule is CNS(=O)(=O)c1ccc(NC2CCCCC2)c(NCc2ccncc2)c1. The van der Waals surface area contributed by atoms with Crippen molar-refractivity contribution in [2.75, 3.05) is 17.7 Å². The Labute approximate surface area is 155 Å². The van der Waals surface area contributed by atoms with Gasteiger partial charge in [-0.25, -0.2) is 13.1 Å². The van der Waals surface area contributed by atoms with Crippen molar-refractivity contribution in [3.05, 3.63) is 48.3 Å². The Kier molecular flexibility index (Phi) is 6.11. The van der Waals surface area contributed by atoms with Gasteiger partial charge in [0.05, 0.1) is 16.3 Å². The van der Waals surface area contributed by atoms with Gasteiger partial charge < -0.3 is 10.6 Å². The molecule has 0 amide bonds. The number of hydrogen-bond acceptors (Lipinski definition) is 5. The van der Waals surface area contributed by atoms with Crippen molar-refractivity contribution in [3.8, 4) is 0 Å². The summed E-state index contributed by atoms with van der Waals surface area (Å²) in [5.74, 6) is 0. The molecule has 0 unspecified atom stereocenters. The molecule has 0 saturated heterocycles. The zero-order valence-corrected chi connectivity index (χ0v) is 15.8. The maximum atomic E-state index is 12.2. The summed E-state index contributed by atoms with van der Waals surface area (Å²) >= 11 is 0. The van der Waals surface area contributed by atoms with Crippen molar-refractivity contribution in [1.29, 1.82) is 0 Å². The Balaban J connectivity index is 1.84. The number of anilines is 2. The van der Waals surface area contributed by atoms with Crippen molar-refractivity contribution < 1.29 is 8.42 Å². The third-order valence-corrected chi connectivity index (χ3v) is 6.18. The maximum absolute atomic E-state index is 12.2. The van der Waals surface area contributed by atoms with Gasteiger partial charge in [-0.05, 0) is 55.8 Å². The quantitative estimate of drug-likeness (QED) is 0.692. The first kappa shape index (κ1) is 18.7. The Morgan fingerprint density at radius 1 is 1.04 bits per heavy atom.